The Labute approximate surface area is 131 Å². The van der Waals surface area contributed by atoms with E-state index >= 15 is 0 Å². The molecule has 21 heavy (non-hydrogen) atoms. The topological polar surface area (TPSA) is 79.4 Å². The predicted octanol–water partition coefficient (Wildman–Crippen LogP) is 2.08. The van der Waals surface area contributed by atoms with Crippen LogP contribution in [0.2, 0.25) is 0 Å². The highest BCUT2D eigenvalue weighted by Gasteiger charge is 2.24. The summed E-state index contributed by atoms with van der Waals surface area (Å²) in [5, 5.41) is 4.78. The fourth-order valence-corrected chi connectivity index (χ4v) is 4.69. The molecule has 0 spiro atoms. The molecule has 0 aliphatic carbocycles. The lowest BCUT2D eigenvalue weighted by Gasteiger charge is -2.14. The number of likely N-dealkylation sites (N-methyl/N-ethyl adjacent to an activating group) is 1. The Kier molecular flexibility index (Phi) is 4.77. The van der Waals surface area contributed by atoms with E-state index in [1.807, 2.05) is 13.8 Å². The van der Waals surface area contributed by atoms with Crippen LogP contribution in [0.5, 0.6) is 0 Å². The van der Waals surface area contributed by atoms with Gasteiger partial charge in [-0.05, 0) is 25.3 Å². The van der Waals surface area contributed by atoms with Crippen LogP contribution in [-0.4, -0.2) is 37.2 Å². The molecule has 6 nitrogen and oxygen atoms in total. The average molecular weight is 345 g/mol. The first-order valence-corrected chi connectivity index (χ1v) is 9.18. The van der Waals surface area contributed by atoms with Gasteiger partial charge in [0.2, 0.25) is 5.91 Å². The lowest BCUT2D eigenvalue weighted by Crippen LogP contribution is -2.34. The van der Waals surface area contributed by atoms with Crippen molar-refractivity contribution >= 4 is 43.7 Å². The smallest absolute Gasteiger partial charge is 0.252 e. The van der Waals surface area contributed by atoms with Crippen molar-refractivity contribution < 1.29 is 13.2 Å². The summed E-state index contributed by atoms with van der Waals surface area (Å²) in [5.74, 6) is -0.411. The van der Waals surface area contributed by atoms with Crippen molar-refractivity contribution in [2.24, 2.45) is 0 Å². The minimum atomic E-state index is -3.61. The van der Waals surface area contributed by atoms with Crippen LogP contribution in [0.4, 0.5) is 5.13 Å². The monoisotopic (exact) mass is 345 g/mol. The molecule has 1 N–H and O–H groups in total. The zero-order chi connectivity index (χ0) is 15.6. The summed E-state index contributed by atoms with van der Waals surface area (Å²) in [6.45, 7) is 3.52. The Bertz CT molecular complexity index is 716. The first-order chi connectivity index (χ1) is 9.80. The SMILES string of the molecule is Cc1nc(NC(=O)CN(C)S(=O)(=O)c2cccs2)sc1C. The standard InChI is InChI=1S/C12H15N3O3S3/c1-8-9(2)20-12(13-8)14-10(16)7-15(3)21(17,18)11-5-4-6-19-11/h4-6H,7H2,1-3H3,(H,13,14,16). The Balaban J connectivity index is 2.02. The van der Waals surface area contributed by atoms with Crippen LogP contribution >= 0.6 is 22.7 Å². The molecule has 0 saturated heterocycles. The molecule has 0 aliphatic heterocycles. The highest BCUT2D eigenvalue weighted by atomic mass is 32.2. The molecule has 0 radical (unpaired) electrons. The molecule has 0 fully saturated rings. The van der Waals surface area contributed by atoms with Gasteiger partial charge in [0.05, 0.1) is 12.2 Å². The second kappa shape index (κ2) is 6.22. The fourth-order valence-electron chi connectivity index (χ4n) is 1.54. The van der Waals surface area contributed by atoms with E-state index in [1.165, 1.54) is 24.5 Å². The summed E-state index contributed by atoms with van der Waals surface area (Å²) in [6.07, 6.45) is 0. The van der Waals surface area contributed by atoms with Crippen LogP contribution in [0.15, 0.2) is 21.7 Å². The number of carbonyl (C=O) groups excluding carboxylic acids is 1. The third-order valence-corrected chi connectivity index (χ3v) is 6.97. The van der Waals surface area contributed by atoms with Gasteiger partial charge in [-0.15, -0.1) is 22.7 Å². The summed E-state index contributed by atoms with van der Waals surface area (Å²) in [4.78, 5) is 17.1. The first-order valence-electron chi connectivity index (χ1n) is 6.04. The molecule has 0 bridgehead atoms. The average Bonchev–Trinajstić information content (AvgIpc) is 3.00. The van der Waals surface area contributed by atoms with Crippen LogP contribution in [-0.2, 0) is 14.8 Å². The largest absolute Gasteiger partial charge is 0.301 e. The number of amides is 1. The van der Waals surface area contributed by atoms with E-state index in [4.69, 9.17) is 0 Å². The lowest BCUT2D eigenvalue weighted by molar-refractivity contribution is -0.116. The zero-order valence-corrected chi connectivity index (χ0v) is 14.2. The third kappa shape index (κ3) is 3.67. The molecular formula is C12H15N3O3S3. The van der Waals surface area contributed by atoms with E-state index in [0.717, 1.165) is 26.2 Å². The Hall–Kier alpha value is -1.29. The quantitative estimate of drug-likeness (QED) is 0.900. The number of sulfonamides is 1. The molecule has 2 aromatic rings. The van der Waals surface area contributed by atoms with Gasteiger partial charge in [-0.1, -0.05) is 6.07 Å². The summed E-state index contributed by atoms with van der Waals surface area (Å²) in [6, 6.07) is 3.18. The van der Waals surface area contributed by atoms with Crippen molar-refractivity contribution in [3.05, 3.63) is 28.1 Å². The van der Waals surface area contributed by atoms with E-state index in [-0.39, 0.29) is 10.8 Å². The first kappa shape index (κ1) is 16.1. The number of hydrogen-bond acceptors (Lipinski definition) is 6. The van der Waals surface area contributed by atoms with Crippen molar-refractivity contribution in [2.45, 2.75) is 18.1 Å². The number of rotatable bonds is 5. The summed E-state index contributed by atoms with van der Waals surface area (Å²) in [5.41, 5.74) is 0.856. The molecule has 9 heteroatoms. The number of hydrogen-bond donors (Lipinski definition) is 1. The van der Waals surface area contributed by atoms with Crippen molar-refractivity contribution in [1.82, 2.24) is 9.29 Å². The van der Waals surface area contributed by atoms with Crippen LogP contribution in [0.3, 0.4) is 0 Å². The van der Waals surface area contributed by atoms with E-state index in [2.05, 4.69) is 10.3 Å². The molecule has 2 rings (SSSR count). The number of carbonyl (C=O) groups is 1. The van der Waals surface area contributed by atoms with Crippen LogP contribution in [0, 0.1) is 13.8 Å². The molecule has 0 atom stereocenters. The molecule has 114 valence electrons. The fraction of sp³-hybridized carbons (Fsp3) is 0.333. The Morgan fingerprint density at radius 2 is 2.14 bits per heavy atom. The maximum atomic E-state index is 12.2. The highest BCUT2D eigenvalue weighted by Crippen LogP contribution is 2.22. The van der Waals surface area contributed by atoms with Gasteiger partial charge in [-0.3, -0.25) is 4.79 Å². The van der Waals surface area contributed by atoms with Crippen molar-refractivity contribution in [1.29, 1.82) is 0 Å². The number of anilines is 1. The Morgan fingerprint density at radius 3 is 2.67 bits per heavy atom. The zero-order valence-electron chi connectivity index (χ0n) is 11.8. The summed E-state index contributed by atoms with van der Waals surface area (Å²) < 4.78 is 25.6. The second-order valence-corrected chi connectivity index (χ2v) is 8.82. The maximum absolute atomic E-state index is 12.2. The molecule has 0 aliphatic rings. The molecule has 2 aromatic heterocycles. The number of aryl methyl sites for hydroxylation is 2. The third-order valence-electron chi connectivity index (χ3n) is 2.80. The number of thiazole rings is 1. The van der Waals surface area contributed by atoms with Crippen LogP contribution in [0.1, 0.15) is 10.6 Å². The number of nitrogens with one attached hydrogen (secondary N) is 1. The minimum absolute atomic E-state index is 0.221. The molecule has 0 saturated carbocycles. The number of thiophene rings is 1. The summed E-state index contributed by atoms with van der Waals surface area (Å²) >= 11 is 2.49. The van der Waals surface area contributed by atoms with E-state index < -0.39 is 15.9 Å². The lowest BCUT2D eigenvalue weighted by atomic mass is 10.4. The van der Waals surface area contributed by atoms with Crippen molar-refractivity contribution in [3.63, 3.8) is 0 Å². The van der Waals surface area contributed by atoms with Crippen molar-refractivity contribution in [2.75, 3.05) is 18.9 Å². The molecule has 0 unspecified atom stereocenters. The molecule has 1 amide bonds. The number of nitrogens with zero attached hydrogens (tertiary/aromatic N) is 2. The van der Waals surface area contributed by atoms with E-state index in [9.17, 15) is 13.2 Å². The highest BCUT2D eigenvalue weighted by molar-refractivity contribution is 7.91. The molecular weight excluding hydrogens is 330 g/mol. The van der Waals surface area contributed by atoms with Crippen molar-refractivity contribution in [3.8, 4) is 0 Å². The van der Waals surface area contributed by atoms with Gasteiger partial charge in [-0.25, -0.2) is 13.4 Å². The molecule has 2 heterocycles. The maximum Gasteiger partial charge on any atom is 0.252 e. The van der Waals surface area contributed by atoms with Gasteiger partial charge < -0.3 is 5.32 Å². The van der Waals surface area contributed by atoms with Gasteiger partial charge in [0, 0.05) is 11.9 Å². The van der Waals surface area contributed by atoms with Gasteiger partial charge in [0.1, 0.15) is 4.21 Å². The van der Waals surface area contributed by atoms with Crippen LogP contribution in [0.25, 0.3) is 0 Å². The van der Waals surface area contributed by atoms with Gasteiger partial charge in [-0.2, -0.15) is 4.31 Å². The van der Waals surface area contributed by atoms with Gasteiger partial charge in [0.25, 0.3) is 10.0 Å². The van der Waals surface area contributed by atoms with Gasteiger partial charge in [0.15, 0.2) is 5.13 Å². The van der Waals surface area contributed by atoms with Crippen LogP contribution < -0.4 is 5.32 Å². The predicted molar refractivity (Wildman–Crippen MR) is 84.4 cm³/mol. The Morgan fingerprint density at radius 1 is 1.43 bits per heavy atom. The van der Waals surface area contributed by atoms with E-state index in [0.29, 0.717) is 5.13 Å². The minimum Gasteiger partial charge on any atom is -0.301 e. The number of aromatic nitrogens is 1. The van der Waals surface area contributed by atoms with E-state index in [1.54, 1.807) is 11.4 Å². The second-order valence-electron chi connectivity index (χ2n) is 4.40. The normalized spacial score (nSPS) is 11.8. The molecule has 0 aromatic carbocycles. The summed E-state index contributed by atoms with van der Waals surface area (Å²) in [7, 11) is -2.23. The van der Waals surface area contributed by atoms with Gasteiger partial charge >= 0.3 is 0 Å².